The molecule has 0 radical (unpaired) electrons. The van der Waals surface area contributed by atoms with Crippen LogP contribution in [-0.4, -0.2) is 30.3 Å². The van der Waals surface area contributed by atoms with E-state index in [4.69, 9.17) is 9.47 Å². The summed E-state index contributed by atoms with van der Waals surface area (Å²) in [5.41, 5.74) is 3.53. The van der Waals surface area contributed by atoms with E-state index >= 15 is 0 Å². The zero-order valence-corrected chi connectivity index (χ0v) is 17.4. The van der Waals surface area contributed by atoms with Gasteiger partial charge < -0.3 is 9.47 Å². The number of fused-ring (bicyclic) bond motifs is 1. The molecule has 1 aliphatic rings. The van der Waals surface area contributed by atoms with Crippen LogP contribution in [0.25, 0.3) is 0 Å². The van der Waals surface area contributed by atoms with Gasteiger partial charge in [0.1, 0.15) is 17.3 Å². The Balaban J connectivity index is 1.90. The first-order valence-electron chi connectivity index (χ1n) is 9.82. The fraction of sp³-hybridized carbons (Fsp3) is 0.304. The van der Waals surface area contributed by atoms with Crippen LogP contribution in [0.1, 0.15) is 47.2 Å². The van der Waals surface area contributed by atoms with Crippen LogP contribution in [-0.2, 0) is 6.42 Å². The molecule has 0 saturated carbocycles. The van der Waals surface area contributed by atoms with Crippen molar-refractivity contribution in [1.82, 2.24) is 10.2 Å². The second kappa shape index (κ2) is 7.82. The number of carbonyl (C=O) groups is 1. The van der Waals surface area contributed by atoms with Crippen LogP contribution < -0.4 is 14.4 Å². The quantitative estimate of drug-likeness (QED) is 0.650. The fourth-order valence-corrected chi connectivity index (χ4v) is 3.96. The molecule has 0 fully saturated rings. The van der Waals surface area contributed by atoms with Crippen molar-refractivity contribution >= 4 is 11.6 Å². The van der Waals surface area contributed by atoms with E-state index < -0.39 is 6.04 Å². The second-order valence-corrected chi connectivity index (χ2v) is 7.73. The van der Waals surface area contributed by atoms with Gasteiger partial charge in [0, 0.05) is 17.3 Å². The predicted octanol–water partition coefficient (Wildman–Crippen LogP) is 4.51. The molecular weight excluding hydrogens is 385 g/mol. The molecule has 2 heterocycles. The number of carbonyl (C=O) groups excluding carboxylic acids is 1. The number of hydrogen-bond donors (Lipinski definition) is 1. The molecule has 0 spiro atoms. The molecular formula is C23H24FN3O3. The average molecular weight is 409 g/mol. The number of hydrogen-bond acceptors (Lipinski definition) is 4. The molecule has 0 bridgehead atoms. The summed E-state index contributed by atoms with van der Waals surface area (Å²) < 4.78 is 24.5. The van der Waals surface area contributed by atoms with E-state index in [1.54, 1.807) is 49.5 Å². The van der Waals surface area contributed by atoms with Gasteiger partial charge in [0.2, 0.25) is 0 Å². The monoisotopic (exact) mass is 409 g/mol. The summed E-state index contributed by atoms with van der Waals surface area (Å²) in [6.07, 6.45) is 0.751. The van der Waals surface area contributed by atoms with Crippen molar-refractivity contribution in [1.29, 1.82) is 0 Å². The van der Waals surface area contributed by atoms with Crippen LogP contribution in [0.3, 0.4) is 0 Å². The van der Waals surface area contributed by atoms with Gasteiger partial charge in [-0.1, -0.05) is 26.0 Å². The predicted molar refractivity (Wildman–Crippen MR) is 112 cm³/mol. The number of nitrogens with zero attached hydrogens (tertiary/aromatic N) is 2. The number of nitrogens with one attached hydrogen (secondary N) is 1. The summed E-state index contributed by atoms with van der Waals surface area (Å²) in [5, 5.41) is 7.38. The van der Waals surface area contributed by atoms with Gasteiger partial charge in [0.25, 0.3) is 5.91 Å². The van der Waals surface area contributed by atoms with Gasteiger partial charge in [0.05, 0.1) is 25.9 Å². The van der Waals surface area contributed by atoms with E-state index in [1.165, 1.54) is 12.1 Å². The molecule has 30 heavy (non-hydrogen) atoms. The van der Waals surface area contributed by atoms with Crippen LogP contribution in [0.4, 0.5) is 10.1 Å². The molecule has 0 saturated heterocycles. The zero-order valence-electron chi connectivity index (χ0n) is 17.4. The lowest BCUT2D eigenvalue weighted by Gasteiger charge is -2.28. The molecule has 1 atom stereocenters. The van der Waals surface area contributed by atoms with Gasteiger partial charge in [-0.15, -0.1) is 0 Å². The molecule has 1 unspecified atom stereocenters. The summed E-state index contributed by atoms with van der Waals surface area (Å²) in [6.45, 7) is 4.22. The SMILES string of the molecule is COc1ccc(N2C(=O)c3n[nH]c(CC(C)C)c3C2c2ccc(F)cc2)c(OC)c1. The third kappa shape index (κ3) is 3.30. The summed E-state index contributed by atoms with van der Waals surface area (Å²) in [4.78, 5) is 15.1. The van der Waals surface area contributed by atoms with Crippen molar-refractivity contribution in [2.24, 2.45) is 5.92 Å². The number of aromatic nitrogens is 2. The Morgan fingerprint density at radius 2 is 1.87 bits per heavy atom. The minimum absolute atomic E-state index is 0.228. The highest BCUT2D eigenvalue weighted by molar-refractivity contribution is 6.11. The van der Waals surface area contributed by atoms with E-state index in [-0.39, 0.29) is 11.7 Å². The minimum Gasteiger partial charge on any atom is -0.497 e. The Labute approximate surface area is 174 Å². The Hall–Kier alpha value is -3.35. The molecule has 4 rings (SSSR count). The Bertz CT molecular complexity index is 1080. The summed E-state index contributed by atoms with van der Waals surface area (Å²) >= 11 is 0. The van der Waals surface area contributed by atoms with E-state index in [0.29, 0.717) is 28.8 Å². The number of ether oxygens (including phenoxy) is 2. The van der Waals surface area contributed by atoms with Crippen LogP contribution >= 0.6 is 0 Å². The maximum absolute atomic E-state index is 13.6. The van der Waals surface area contributed by atoms with E-state index in [9.17, 15) is 9.18 Å². The molecule has 1 aromatic heterocycles. The zero-order chi connectivity index (χ0) is 21.4. The third-order valence-electron chi connectivity index (χ3n) is 5.28. The minimum atomic E-state index is -0.442. The highest BCUT2D eigenvalue weighted by Gasteiger charge is 2.44. The van der Waals surface area contributed by atoms with E-state index in [0.717, 1.165) is 23.2 Å². The summed E-state index contributed by atoms with van der Waals surface area (Å²) in [5.74, 6) is 0.956. The van der Waals surface area contributed by atoms with Crippen LogP contribution in [0.15, 0.2) is 42.5 Å². The van der Waals surface area contributed by atoms with Gasteiger partial charge in [-0.3, -0.25) is 14.8 Å². The average Bonchev–Trinajstić information content (AvgIpc) is 3.26. The third-order valence-corrected chi connectivity index (χ3v) is 5.28. The smallest absolute Gasteiger partial charge is 0.280 e. The summed E-state index contributed by atoms with van der Waals surface area (Å²) in [7, 11) is 3.12. The standard InChI is InChI=1S/C23H24FN3O3/c1-13(2)11-17-20-21(26-25-17)23(28)27(22(20)14-5-7-15(24)8-6-14)18-10-9-16(29-3)12-19(18)30-4/h5-10,12-13,22H,11H2,1-4H3,(H,25,26). The highest BCUT2D eigenvalue weighted by Crippen LogP contribution is 2.46. The number of aromatic amines is 1. The van der Waals surface area contributed by atoms with Crippen molar-refractivity contribution in [2.75, 3.05) is 19.1 Å². The number of rotatable bonds is 6. The number of anilines is 1. The van der Waals surface area contributed by atoms with Gasteiger partial charge in [0.15, 0.2) is 5.69 Å². The number of methoxy groups -OCH3 is 2. The Morgan fingerprint density at radius 1 is 1.13 bits per heavy atom. The molecule has 2 aromatic carbocycles. The van der Waals surface area contributed by atoms with E-state index in [1.807, 2.05) is 0 Å². The molecule has 156 valence electrons. The van der Waals surface area contributed by atoms with Gasteiger partial charge >= 0.3 is 0 Å². The first kappa shape index (κ1) is 19.9. The number of H-pyrrole nitrogens is 1. The lowest BCUT2D eigenvalue weighted by Crippen LogP contribution is -2.30. The molecule has 1 aliphatic heterocycles. The van der Waals surface area contributed by atoms with Crippen molar-refractivity contribution < 1.29 is 18.7 Å². The van der Waals surface area contributed by atoms with Gasteiger partial charge in [-0.2, -0.15) is 5.10 Å². The summed E-state index contributed by atoms with van der Waals surface area (Å²) in [6, 6.07) is 11.1. The lowest BCUT2D eigenvalue weighted by atomic mass is 9.95. The molecule has 7 heteroatoms. The maximum atomic E-state index is 13.6. The molecule has 3 aromatic rings. The molecule has 6 nitrogen and oxygen atoms in total. The highest BCUT2D eigenvalue weighted by atomic mass is 19.1. The molecule has 1 N–H and O–H groups in total. The van der Waals surface area contributed by atoms with Gasteiger partial charge in [-0.25, -0.2) is 4.39 Å². The lowest BCUT2D eigenvalue weighted by molar-refractivity contribution is 0.0988. The first-order valence-corrected chi connectivity index (χ1v) is 9.82. The normalized spacial score (nSPS) is 15.6. The second-order valence-electron chi connectivity index (χ2n) is 7.73. The first-order chi connectivity index (χ1) is 14.4. The van der Waals surface area contributed by atoms with Crippen molar-refractivity contribution in [2.45, 2.75) is 26.3 Å². The molecule has 0 aliphatic carbocycles. The van der Waals surface area contributed by atoms with Crippen LogP contribution in [0.5, 0.6) is 11.5 Å². The Kier molecular flexibility index (Phi) is 5.20. The van der Waals surface area contributed by atoms with Crippen molar-refractivity contribution in [3.63, 3.8) is 0 Å². The van der Waals surface area contributed by atoms with Crippen molar-refractivity contribution in [3.05, 3.63) is 70.8 Å². The Morgan fingerprint density at radius 3 is 2.50 bits per heavy atom. The van der Waals surface area contributed by atoms with Gasteiger partial charge in [-0.05, 0) is 42.2 Å². The molecule has 1 amide bonds. The number of amides is 1. The fourth-order valence-electron chi connectivity index (χ4n) is 3.96. The van der Waals surface area contributed by atoms with Crippen molar-refractivity contribution in [3.8, 4) is 11.5 Å². The largest absolute Gasteiger partial charge is 0.497 e. The van der Waals surface area contributed by atoms with Crippen LogP contribution in [0, 0.1) is 11.7 Å². The number of benzene rings is 2. The maximum Gasteiger partial charge on any atom is 0.280 e. The van der Waals surface area contributed by atoms with E-state index in [2.05, 4.69) is 24.0 Å². The number of halogens is 1. The van der Waals surface area contributed by atoms with Crippen LogP contribution in [0.2, 0.25) is 0 Å². The topological polar surface area (TPSA) is 67.5 Å².